The molecule has 0 unspecified atom stereocenters. The number of benzene rings is 1. The number of carbonyl (C=O) groups excluding carboxylic acids is 1. The van der Waals surface area contributed by atoms with E-state index in [9.17, 15) is 4.79 Å². The van der Waals surface area contributed by atoms with Crippen molar-refractivity contribution in [2.24, 2.45) is 0 Å². The van der Waals surface area contributed by atoms with Crippen molar-refractivity contribution in [1.82, 2.24) is 10.2 Å². The Hall–Kier alpha value is -0.680. The molecule has 1 N–H and O–H groups in total. The van der Waals surface area contributed by atoms with Gasteiger partial charge >= 0.3 is 0 Å². The number of hydrogen-bond donors (Lipinski definition) is 1. The molecule has 1 fully saturated rings. The Morgan fingerprint density at radius 3 is 2.45 bits per heavy atom. The second-order valence-electron chi connectivity index (χ2n) is 5.15. The van der Waals surface area contributed by atoms with Gasteiger partial charge in [0.25, 0.3) is 0 Å². The molecular weight excluding hydrogens is 345 g/mol. The van der Waals surface area contributed by atoms with Crippen LogP contribution in [0.3, 0.4) is 0 Å². The van der Waals surface area contributed by atoms with Crippen molar-refractivity contribution in [3.63, 3.8) is 0 Å². The summed E-state index contributed by atoms with van der Waals surface area (Å²) in [5.74, 6) is 0.238. The minimum Gasteiger partial charge on any atom is -0.368 e. The predicted octanol–water partition coefficient (Wildman–Crippen LogP) is 2.75. The van der Waals surface area contributed by atoms with E-state index in [-0.39, 0.29) is 30.7 Å². The van der Waals surface area contributed by atoms with Crippen molar-refractivity contribution in [2.75, 3.05) is 44.7 Å². The van der Waals surface area contributed by atoms with Gasteiger partial charge in [-0.05, 0) is 31.7 Å². The van der Waals surface area contributed by atoms with Gasteiger partial charge in [0.15, 0.2) is 0 Å². The van der Waals surface area contributed by atoms with Gasteiger partial charge in [0.1, 0.15) is 0 Å². The number of anilines is 1. The topological polar surface area (TPSA) is 35.6 Å². The lowest BCUT2D eigenvalue weighted by Gasteiger charge is -2.37. The van der Waals surface area contributed by atoms with E-state index in [0.29, 0.717) is 6.42 Å². The molecule has 22 heavy (non-hydrogen) atoms. The lowest BCUT2D eigenvalue weighted by atomic mass is 10.1. The fraction of sp³-hybridized carbons (Fsp3) is 0.533. The molecule has 0 bridgehead atoms. The van der Waals surface area contributed by atoms with Crippen LogP contribution in [0.2, 0.25) is 5.02 Å². The predicted molar refractivity (Wildman–Crippen MR) is 98.0 cm³/mol. The normalized spacial score (nSPS) is 14.1. The Labute approximate surface area is 150 Å². The maximum Gasteiger partial charge on any atom is 0.223 e. The SMILES string of the molecule is CNCCC(=O)N1CCN(c2cc(Cl)ccc2C)CC1.Cl.Cl. The Balaban J connectivity index is 0.00000220. The number of hydrogen-bond acceptors (Lipinski definition) is 3. The highest BCUT2D eigenvalue weighted by Gasteiger charge is 2.21. The van der Waals surface area contributed by atoms with Gasteiger partial charge in [-0.1, -0.05) is 17.7 Å². The largest absolute Gasteiger partial charge is 0.368 e. The van der Waals surface area contributed by atoms with Crippen LogP contribution in [0.1, 0.15) is 12.0 Å². The number of aryl methyl sites for hydroxylation is 1. The Morgan fingerprint density at radius 1 is 1.23 bits per heavy atom. The number of rotatable bonds is 4. The Kier molecular flexibility index (Phi) is 9.85. The first-order chi connectivity index (χ1) is 9.61. The van der Waals surface area contributed by atoms with Crippen molar-refractivity contribution < 1.29 is 4.79 Å². The van der Waals surface area contributed by atoms with E-state index in [2.05, 4.69) is 17.1 Å². The standard InChI is InChI=1S/C15H22ClN3O.2ClH/c1-12-3-4-13(16)11-14(12)18-7-9-19(10-8-18)15(20)5-6-17-2;;/h3-4,11,17H,5-10H2,1-2H3;2*1H. The van der Waals surface area contributed by atoms with Crippen LogP contribution in [-0.4, -0.2) is 50.6 Å². The average Bonchev–Trinajstić information content (AvgIpc) is 2.47. The van der Waals surface area contributed by atoms with Gasteiger partial charge in [-0.15, -0.1) is 24.8 Å². The minimum atomic E-state index is 0. The first-order valence-electron chi connectivity index (χ1n) is 7.05. The van der Waals surface area contributed by atoms with Gasteiger partial charge in [0, 0.05) is 49.9 Å². The number of amides is 1. The highest BCUT2D eigenvalue weighted by atomic mass is 35.5. The van der Waals surface area contributed by atoms with Gasteiger partial charge in [-0.2, -0.15) is 0 Å². The van der Waals surface area contributed by atoms with Gasteiger partial charge in [0.2, 0.25) is 5.91 Å². The third-order valence-electron chi connectivity index (χ3n) is 3.73. The first-order valence-corrected chi connectivity index (χ1v) is 7.43. The molecule has 4 nitrogen and oxygen atoms in total. The zero-order valence-corrected chi connectivity index (χ0v) is 15.4. The molecule has 0 atom stereocenters. The summed E-state index contributed by atoms with van der Waals surface area (Å²) >= 11 is 6.07. The maximum atomic E-state index is 12.0. The Bertz CT molecular complexity index is 477. The van der Waals surface area contributed by atoms with E-state index < -0.39 is 0 Å². The number of piperazine rings is 1. The van der Waals surface area contributed by atoms with Crippen molar-refractivity contribution in [2.45, 2.75) is 13.3 Å². The number of carbonyl (C=O) groups is 1. The number of nitrogens with zero attached hydrogens (tertiary/aromatic N) is 2. The molecule has 0 aliphatic carbocycles. The molecule has 0 aromatic heterocycles. The summed E-state index contributed by atoms with van der Waals surface area (Å²) < 4.78 is 0. The van der Waals surface area contributed by atoms with Crippen LogP contribution < -0.4 is 10.2 Å². The molecule has 1 aliphatic heterocycles. The summed E-state index contributed by atoms with van der Waals surface area (Å²) in [6, 6.07) is 5.97. The van der Waals surface area contributed by atoms with Crippen molar-refractivity contribution in [1.29, 1.82) is 0 Å². The highest BCUT2D eigenvalue weighted by Crippen LogP contribution is 2.25. The fourth-order valence-electron chi connectivity index (χ4n) is 2.51. The molecule has 1 aromatic carbocycles. The van der Waals surface area contributed by atoms with E-state index in [1.165, 1.54) is 11.3 Å². The molecule has 126 valence electrons. The highest BCUT2D eigenvalue weighted by molar-refractivity contribution is 6.30. The summed E-state index contributed by atoms with van der Waals surface area (Å²) in [7, 11) is 1.87. The lowest BCUT2D eigenvalue weighted by molar-refractivity contribution is -0.131. The molecule has 1 aromatic rings. The summed E-state index contributed by atoms with van der Waals surface area (Å²) in [6.07, 6.45) is 0.576. The zero-order valence-electron chi connectivity index (χ0n) is 13.0. The van der Waals surface area contributed by atoms with Crippen LogP contribution in [0, 0.1) is 6.92 Å². The summed E-state index contributed by atoms with van der Waals surface area (Å²) in [5, 5.41) is 3.78. The smallest absolute Gasteiger partial charge is 0.223 e. The number of halogens is 3. The second-order valence-corrected chi connectivity index (χ2v) is 5.59. The quantitative estimate of drug-likeness (QED) is 0.887. The van der Waals surface area contributed by atoms with Crippen molar-refractivity contribution >= 4 is 48.0 Å². The second kappa shape index (κ2) is 10.2. The monoisotopic (exact) mass is 367 g/mol. The molecule has 1 heterocycles. The molecule has 1 aliphatic rings. The fourth-order valence-corrected chi connectivity index (χ4v) is 2.68. The van der Waals surface area contributed by atoms with Gasteiger partial charge in [-0.3, -0.25) is 4.79 Å². The van der Waals surface area contributed by atoms with Crippen LogP contribution in [0.25, 0.3) is 0 Å². The molecule has 2 rings (SSSR count). The first kappa shape index (κ1) is 21.3. The average molecular weight is 369 g/mol. The van der Waals surface area contributed by atoms with Crippen molar-refractivity contribution in [3.8, 4) is 0 Å². The summed E-state index contributed by atoms with van der Waals surface area (Å²) in [4.78, 5) is 16.2. The molecule has 0 radical (unpaired) electrons. The van der Waals surface area contributed by atoms with Gasteiger partial charge < -0.3 is 15.1 Å². The summed E-state index contributed by atoms with van der Waals surface area (Å²) in [5.41, 5.74) is 2.41. The van der Waals surface area contributed by atoms with Crippen molar-refractivity contribution in [3.05, 3.63) is 28.8 Å². The number of nitrogens with one attached hydrogen (secondary N) is 1. The Morgan fingerprint density at radius 2 is 1.86 bits per heavy atom. The van der Waals surface area contributed by atoms with Crippen LogP contribution in [0.5, 0.6) is 0 Å². The molecular formula is C15H24Cl3N3O. The molecule has 7 heteroatoms. The van der Waals surface area contributed by atoms with Crippen LogP contribution >= 0.6 is 36.4 Å². The van der Waals surface area contributed by atoms with Crippen LogP contribution in [-0.2, 0) is 4.79 Å². The third-order valence-corrected chi connectivity index (χ3v) is 3.97. The van der Waals surface area contributed by atoms with Crippen LogP contribution in [0.15, 0.2) is 18.2 Å². The van der Waals surface area contributed by atoms with Crippen LogP contribution in [0.4, 0.5) is 5.69 Å². The molecule has 0 spiro atoms. The van der Waals surface area contributed by atoms with Gasteiger partial charge in [-0.25, -0.2) is 0 Å². The maximum absolute atomic E-state index is 12.0. The third kappa shape index (κ3) is 5.51. The van der Waals surface area contributed by atoms with E-state index in [4.69, 9.17) is 11.6 Å². The molecule has 0 saturated carbocycles. The summed E-state index contributed by atoms with van der Waals surface area (Å²) in [6.45, 7) is 6.14. The lowest BCUT2D eigenvalue weighted by Crippen LogP contribution is -2.49. The minimum absolute atomic E-state index is 0. The van der Waals surface area contributed by atoms with E-state index in [0.717, 1.165) is 37.7 Å². The molecule has 1 saturated heterocycles. The van der Waals surface area contributed by atoms with E-state index >= 15 is 0 Å². The van der Waals surface area contributed by atoms with Gasteiger partial charge in [0.05, 0.1) is 0 Å². The zero-order chi connectivity index (χ0) is 14.5. The van der Waals surface area contributed by atoms with E-state index in [1.54, 1.807) is 0 Å². The van der Waals surface area contributed by atoms with E-state index in [1.807, 2.05) is 30.1 Å². The molecule has 1 amide bonds.